The molecule has 3 aliphatic rings. The molecule has 1 atom stereocenters. The zero-order chi connectivity index (χ0) is 14.3. The fourth-order valence-electron chi connectivity index (χ4n) is 4.13. The van der Waals surface area contributed by atoms with Crippen molar-refractivity contribution in [1.29, 1.82) is 0 Å². The Morgan fingerprint density at radius 2 is 2.00 bits per heavy atom. The topological polar surface area (TPSA) is 36.4 Å². The maximum Gasteiger partial charge on any atom is 0.243 e. The summed E-state index contributed by atoms with van der Waals surface area (Å²) in [6.07, 6.45) is 8.61. The van der Waals surface area contributed by atoms with Gasteiger partial charge < -0.3 is 4.90 Å². The van der Waals surface area contributed by atoms with Crippen molar-refractivity contribution in [2.45, 2.75) is 56.7 Å². The van der Waals surface area contributed by atoms with Crippen molar-refractivity contribution in [1.82, 2.24) is 14.8 Å². The van der Waals surface area contributed by atoms with E-state index in [1.807, 2.05) is 18.3 Å². The van der Waals surface area contributed by atoms with Crippen LogP contribution in [0.3, 0.4) is 0 Å². The average Bonchev–Trinajstić information content (AvgIpc) is 3.28. The fourth-order valence-corrected chi connectivity index (χ4v) is 4.13. The van der Waals surface area contributed by atoms with Crippen LogP contribution in [0.1, 0.15) is 44.2 Å². The van der Waals surface area contributed by atoms with Gasteiger partial charge in [0.25, 0.3) is 0 Å². The van der Waals surface area contributed by atoms with Crippen LogP contribution in [0.5, 0.6) is 0 Å². The summed E-state index contributed by atoms with van der Waals surface area (Å²) in [5.41, 5.74) is 0.855. The molecule has 1 amide bonds. The Balaban J connectivity index is 1.57. The summed E-state index contributed by atoms with van der Waals surface area (Å²) in [4.78, 5) is 22.1. The highest BCUT2D eigenvalue weighted by Gasteiger charge is 2.52. The van der Waals surface area contributed by atoms with Crippen molar-refractivity contribution in [3.8, 4) is 0 Å². The van der Waals surface area contributed by atoms with E-state index in [1.54, 1.807) is 0 Å². The number of likely N-dealkylation sites (tertiary alicyclic amines) is 2. The van der Waals surface area contributed by atoms with E-state index in [1.165, 1.54) is 12.8 Å². The van der Waals surface area contributed by atoms with Crippen molar-refractivity contribution < 1.29 is 4.79 Å². The fraction of sp³-hybridized carbons (Fsp3) is 0.647. The minimum Gasteiger partial charge on any atom is -0.338 e. The number of carbonyl (C=O) groups is 1. The number of amides is 1. The minimum absolute atomic E-state index is 0.224. The monoisotopic (exact) mass is 285 g/mol. The van der Waals surface area contributed by atoms with Gasteiger partial charge in [-0.2, -0.15) is 0 Å². The zero-order valence-corrected chi connectivity index (χ0v) is 12.5. The Morgan fingerprint density at radius 3 is 2.71 bits per heavy atom. The SMILES string of the molecule is O=C1N(C2CC2)CCCC12CCCN2Cc1ccccn1. The standard InChI is InChI=1S/C17H23N3O/c21-16-17(9-4-12-20(16)15-6-7-15)8-3-11-19(17)13-14-5-1-2-10-18-14/h1-2,5,10,15H,3-4,6-9,11-13H2. The highest BCUT2D eigenvalue weighted by molar-refractivity contribution is 5.88. The first-order valence-electron chi connectivity index (χ1n) is 8.26. The minimum atomic E-state index is -0.224. The molecule has 4 nitrogen and oxygen atoms in total. The lowest BCUT2D eigenvalue weighted by Crippen LogP contribution is -2.60. The van der Waals surface area contributed by atoms with Crippen LogP contribution in [-0.4, -0.2) is 45.4 Å². The lowest BCUT2D eigenvalue weighted by atomic mass is 9.85. The molecule has 2 aliphatic heterocycles. The molecule has 1 aromatic heterocycles. The molecule has 0 radical (unpaired) electrons. The molecule has 21 heavy (non-hydrogen) atoms. The molecule has 1 spiro atoms. The number of carbonyl (C=O) groups excluding carboxylic acids is 1. The number of hydrogen-bond acceptors (Lipinski definition) is 3. The second-order valence-corrected chi connectivity index (χ2v) is 6.71. The van der Waals surface area contributed by atoms with Gasteiger partial charge in [-0.3, -0.25) is 14.7 Å². The van der Waals surface area contributed by atoms with Gasteiger partial charge >= 0.3 is 0 Å². The zero-order valence-electron chi connectivity index (χ0n) is 12.5. The van der Waals surface area contributed by atoms with Crippen LogP contribution in [-0.2, 0) is 11.3 Å². The molecule has 4 rings (SSSR count). The van der Waals surface area contributed by atoms with Crippen LogP contribution in [0.2, 0.25) is 0 Å². The number of nitrogens with zero attached hydrogens (tertiary/aromatic N) is 3. The number of rotatable bonds is 3. The number of aromatic nitrogens is 1. The van der Waals surface area contributed by atoms with E-state index < -0.39 is 0 Å². The molecule has 1 saturated carbocycles. The van der Waals surface area contributed by atoms with Gasteiger partial charge in [-0.1, -0.05) is 6.07 Å². The van der Waals surface area contributed by atoms with E-state index in [9.17, 15) is 4.79 Å². The van der Waals surface area contributed by atoms with Crippen molar-refractivity contribution in [3.05, 3.63) is 30.1 Å². The van der Waals surface area contributed by atoms with Gasteiger partial charge in [0.2, 0.25) is 5.91 Å². The summed E-state index contributed by atoms with van der Waals surface area (Å²) < 4.78 is 0. The molecule has 0 N–H and O–H groups in total. The van der Waals surface area contributed by atoms with Gasteiger partial charge in [0.15, 0.2) is 0 Å². The predicted octanol–water partition coefficient (Wildman–Crippen LogP) is 2.20. The molecule has 3 fully saturated rings. The van der Waals surface area contributed by atoms with Crippen molar-refractivity contribution in [2.24, 2.45) is 0 Å². The molecule has 1 aromatic rings. The molecule has 1 aliphatic carbocycles. The molecule has 0 bridgehead atoms. The van der Waals surface area contributed by atoms with Gasteiger partial charge in [-0.15, -0.1) is 0 Å². The Hall–Kier alpha value is -1.42. The number of hydrogen-bond donors (Lipinski definition) is 0. The molecule has 2 saturated heterocycles. The van der Waals surface area contributed by atoms with Crippen LogP contribution in [0.25, 0.3) is 0 Å². The summed E-state index contributed by atoms with van der Waals surface area (Å²) in [5, 5.41) is 0. The molecule has 3 heterocycles. The van der Waals surface area contributed by atoms with Crippen LogP contribution < -0.4 is 0 Å². The molecular weight excluding hydrogens is 262 g/mol. The average molecular weight is 285 g/mol. The van der Waals surface area contributed by atoms with E-state index >= 15 is 0 Å². The predicted molar refractivity (Wildman–Crippen MR) is 80.6 cm³/mol. The van der Waals surface area contributed by atoms with E-state index in [0.717, 1.165) is 51.0 Å². The third-order valence-corrected chi connectivity index (χ3v) is 5.34. The highest BCUT2D eigenvalue weighted by atomic mass is 16.2. The molecule has 4 heteroatoms. The van der Waals surface area contributed by atoms with Crippen LogP contribution >= 0.6 is 0 Å². The Bertz CT molecular complexity index is 528. The normalized spacial score (nSPS) is 30.3. The van der Waals surface area contributed by atoms with Gasteiger partial charge in [0, 0.05) is 25.3 Å². The molecule has 1 unspecified atom stereocenters. The number of piperidine rings is 1. The van der Waals surface area contributed by atoms with Crippen LogP contribution in [0.15, 0.2) is 24.4 Å². The Kier molecular flexibility index (Phi) is 3.21. The summed E-state index contributed by atoms with van der Waals surface area (Å²) in [7, 11) is 0. The lowest BCUT2D eigenvalue weighted by Gasteiger charge is -2.44. The van der Waals surface area contributed by atoms with Crippen LogP contribution in [0.4, 0.5) is 0 Å². The van der Waals surface area contributed by atoms with Crippen molar-refractivity contribution in [3.63, 3.8) is 0 Å². The largest absolute Gasteiger partial charge is 0.338 e. The molecule has 0 aromatic carbocycles. The van der Waals surface area contributed by atoms with Gasteiger partial charge in [-0.25, -0.2) is 0 Å². The van der Waals surface area contributed by atoms with E-state index in [-0.39, 0.29) is 5.54 Å². The summed E-state index contributed by atoms with van der Waals surface area (Å²) >= 11 is 0. The van der Waals surface area contributed by atoms with Crippen molar-refractivity contribution in [2.75, 3.05) is 13.1 Å². The molecule has 112 valence electrons. The Labute approximate surface area is 126 Å². The maximum atomic E-state index is 13.1. The summed E-state index contributed by atoms with van der Waals surface area (Å²) in [6.45, 7) is 2.81. The second kappa shape index (κ2) is 5.09. The second-order valence-electron chi connectivity index (χ2n) is 6.71. The first kappa shape index (κ1) is 13.3. The van der Waals surface area contributed by atoms with E-state index in [2.05, 4.69) is 20.9 Å². The third-order valence-electron chi connectivity index (χ3n) is 5.34. The van der Waals surface area contributed by atoms with Gasteiger partial charge in [0.1, 0.15) is 5.54 Å². The maximum absolute atomic E-state index is 13.1. The lowest BCUT2D eigenvalue weighted by molar-refractivity contribution is -0.148. The smallest absolute Gasteiger partial charge is 0.243 e. The van der Waals surface area contributed by atoms with Crippen LogP contribution in [0, 0.1) is 0 Å². The first-order chi connectivity index (χ1) is 10.3. The molecular formula is C17H23N3O. The third kappa shape index (κ3) is 2.26. The van der Waals surface area contributed by atoms with Gasteiger partial charge in [-0.05, 0) is 57.2 Å². The summed E-state index contributed by atoms with van der Waals surface area (Å²) in [6, 6.07) is 6.60. The number of pyridine rings is 1. The quantitative estimate of drug-likeness (QED) is 0.854. The summed E-state index contributed by atoms with van der Waals surface area (Å²) in [5.74, 6) is 0.407. The van der Waals surface area contributed by atoms with E-state index in [4.69, 9.17) is 0 Å². The van der Waals surface area contributed by atoms with Gasteiger partial charge in [0.05, 0.1) is 5.69 Å². The highest BCUT2D eigenvalue weighted by Crippen LogP contribution is 2.42. The Morgan fingerprint density at radius 1 is 1.19 bits per heavy atom. The van der Waals surface area contributed by atoms with Crippen molar-refractivity contribution >= 4 is 5.91 Å². The first-order valence-corrected chi connectivity index (χ1v) is 8.26. The van der Waals surface area contributed by atoms with E-state index in [0.29, 0.717) is 11.9 Å².